The third-order valence-corrected chi connectivity index (χ3v) is 8.26. The van der Waals surface area contributed by atoms with Crippen molar-refractivity contribution in [3.05, 3.63) is 0 Å². The summed E-state index contributed by atoms with van der Waals surface area (Å²) in [6.45, 7) is 6.13. The third-order valence-electron chi connectivity index (χ3n) is 8.26. The van der Waals surface area contributed by atoms with E-state index in [1.54, 1.807) is 0 Å². The fourth-order valence-corrected chi connectivity index (χ4v) is 6.88. The Labute approximate surface area is 154 Å². The van der Waals surface area contributed by atoms with Gasteiger partial charge < -0.3 is 19.7 Å². The second kappa shape index (κ2) is 5.52. The number of hydrogen-bond donors (Lipinski definition) is 2. The summed E-state index contributed by atoms with van der Waals surface area (Å²) >= 11 is 0. The molecule has 0 aromatic rings. The largest absolute Gasteiger partial charge is 0.463 e. The quantitative estimate of drug-likeness (QED) is 0.685. The molecule has 146 valence electrons. The summed E-state index contributed by atoms with van der Waals surface area (Å²) in [6, 6.07) is 0. The van der Waals surface area contributed by atoms with Gasteiger partial charge in [0.05, 0.1) is 12.0 Å². The van der Waals surface area contributed by atoms with Gasteiger partial charge in [-0.25, -0.2) is 0 Å². The highest BCUT2D eigenvalue weighted by Gasteiger charge is 2.72. The van der Waals surface area contributed by atoms with Crippen LogP contribution >= 0.6 is 0 Å². The summed E-state index contributed by atoms with van der Waals surface area (Å²) < 4.78 is 11.9. The number of esters is 1. The lowest BCUT2D eigenvalue weighted by atomic mass is 9.43. The van der Waals surface area contributed by atoms with E-state index in [4.69, 9.17) is 9.47 Å². The molecule has 6 nitrogen and oxygen atoms in total. The average molecular weight is 366 g/mol. The van der Waals surface area contributed by atoms with Crippen LogP contribution < -0.4 is 0 Å². The van der Waals surface area contributed by atoms with Crippen LogP contribution in [0.25, 0.3) is 0 Å². The predicted molar refractivity (Wildman–Crippen MR) is 92.2 cm³/mol. The van der Waals surface area contributed by atoms with Gasteiger partial charge in [-0.05, 0) is 31.1 Å². The number of Topliss-reactive ketones (excluding diaryl/α,β-unsaturated/α-hetero) is 1. The first-order valence-corrected chi connectivity index (χ1v) is 9.82. The highest BCUT2D eigenvalue weighted by molar-refractivity contribution is 5.88. The molecule has 2 heterocycles. The number of aliphatic hydroxyl groups excluding tert-OH is 2. The molecule has 0 bridgehead atoms. The number of ether oxygens (including phenoxy) is 2. The van der Waals surface area contributed by atoms with Gasteiger partial charge in [0.25, 0.3) is 0 Å². The molecule has 2 spiro atoms. The second-order valence-electron chi connectivity index (χ2n) is 9.64. The molecule has 0 aromatic heterocycles. The van der Waals surface area contributed by atoms with Gasteiger partial charge in [0.2, 0.25) is 0 Å². The topological polar surface area (TPSA) is 93.1 Å². The summed E-state index contributed by atoms with van der Waals surface area (Å²) in [7, 11) is 0. The maximum atomic E-state index is 13.0. The number of cyclic esters (lactones) is 1. The minimum Gasteiger partial charge on any atom is -0.463 e. The van der Waals surface area contributed by atoms with Crippen LogP contribution in [0.15, 0.2) is 0 Å². The fraction of sp³-hybridized carbons (Fsp3) is 0.900. The van der Waals surface area contributed by atoms with Gasteiger partial charge in [-0.3, -0.25) is 9.59 Å². The van der Waals surface area contributed by atoms with E-state index in [1.165, 1.54) is 0 Å². The Kier molecular flexibility index (Phi) is 3.90. The lowest BCUT2D eigenvalue weighted by molar-refractivity contribution is -0.262. The number of fused-ring (bicyclic) bond motifs is 2. The fourth-order valence-electron chi connectivity index (χ4n) is 6.88. The van der Waals surface area contributed by atoms with Gasteiger partial charge in [-0.2, -0.15) is 0 Å². The monoisotopic (exact) mass is 366 g/mol. The number of carbonyl (C=O) groups is 2. The normalized spacial score (nSPS) is 54.0. The van der Waals surface area contributed by atoms with Crippen molar-refractivity contribution in [1.82, 2.24) is 0 Å². The SMILES string of the molecule is CC1C(=O)C(O)C2C(C)(CO)CCCC2(C)C12CCC1(COC(=O)C1)O2. The molecule has 4 aliphatic rings. The summed E-state index contributed by atoms with van der Waals surface area (Å²) in [6.07, 6.45) is 3.06. The molecule has 6 heteroatoms. The predicted octanol–water partition coefficient (Wildman–Crippen LogP) is 1.61. The molecule has 2 aliphatic heterocycles. The molecule has 2 aliphatic carbocycles. The Bertz CT molecular complexity index is 648. The van der Waals surface area contributed by atoms with Crippen molar-refractivity contribution in [3.63, 3.8) is 0 Å². The van der Waals surface area contributed by atoms with Crippen LogP contribution in [-0.4, -0.2) is 52.5 Å². The van der Waals surface area contributed by atoms with Gasteiger partial charge in [-0.1, -0.05) is 27.2 Å². The van der Waals surface area contributed by atoms with Gasteiger partial charge >= 0.3 is 5.97 Å². The first-order valence-electron chi connectivity index (χ1n) is 9.82. The number of rotatable bonds is 1. The van der Waals surface area contributed by atoms with Crippen molar-refractivity contribution in [2.75, 3.05) is 13.2 Å². The van der Waals surface area contributed by atoms with Gasteiger partial charge in [0, 0.05) is 23.9 Å². The van der Waals surface area contributed by atoms with Crippen molar-refractivity contribution < 1.29 is 29.3 Å². The van der Waals surface area contributed by atoms with Gasteiger partial charge in [-0.15, -0.1) is 0 Å². The summed E-state index contributed by atoms with van der Waals surface area (Å²) in [5.74, 6) is -1.25. The van der Waals surface area contributed by atoms with Crippen LogP contribution in [-0.2, 0) is 19.1 Å². The maximum Gasteiger partial charge on any atom is 0.308 e. The highest BCUT2D eigenvalue weighted by Crippen LogP contribution is 2.67. The Morgan fingerprint density at radius 1 is 1.15 bits per heavy atom. The van der Waals surface area contributed by atoms with Crippen LogP contribution in [0.1, 0.15) is 59.3 Å². The van der Waals surface area contributed by atoms with Crippen LogP contribution in [0.5, 0.6) is 0 Å². The molecule has 0 aromatic carbocycles. The summed E-state index contributed by atoms with van der Waals surface area (Å²) in [5, 5.41) is 21.0. The van der Waals surface area contributed by atoms with Crippen LogP contribution in [0.4, 0.5) is 0 Å². The number of ketones is 1. The van der Waals surface area contributed by atoms with E-state index < -0.39 is 34.1 Å². The van der Waals surface area contributed by atoms with E-state index in [2.05, 4.69) is 6.92 Å². The van der Waals surface area contributed by atoms with Crippen LogP contribution in [0.2, 0.25) is 0 Å². The Morgan fingerprint density at radius 2 is 1.88 bits per heavy atom. The maximum absolute atomic E-state index is 13.0. The van der Waals surface area contributed by atoms with E-state index in [0.29, 0.717) is 12.8 Å². The zero-order chi connectivity index (χ0) is 19.0. The molecule has 2 N–H and O–H groups in total. The van der Waals surface area contributed by atoms with Crippen molar-refractivity contribution in [2.45, 2.75) is 76.6 Å². The van der Waals surface area contributed by atoms with Crippen LogP contribution in [0, 0.1) is 22.7 Å². The molecule has 4 rings (SSSR count). The van der Waals surface area contributed by atoms with E-state index in [1.807, 2.05) is 13.8 Å². The van der Waals surface area contributed by atoms with Crippen molar-refractivity contribution in [3.8, 4) is 0 Å². The van der Waals surface area contributed by atoms with Gasteiger partial charge in [0.1, 0.15) is 18.3 Å². The molecule has 26 heavy (non-hydrogen) atoms. The standard InChI is InChI=1S/C20H30O6/c1-12-14(23)15(24)16-17(2,10-21)5-4-6-18(16,3)20(12)8-7-19(26-20)9-13(22)25-11-19/h12,15-16,21,24H,4-11H2,1-3H3. The first-order chi connectivity index (χ1) is 12.1. The lowest BCUT2D eigenvalue weighted by Gasteiger charge is -2.64. The molecule has 0 amide bonds. The molecule has 2 saturated carbocycles. The van der Waals surface area contributed by atoms with E-state index >= 15 is 0 Å². The number of hydrogen-bond acceptors (Lipinski definition) is 6. The minimum atomic E-state index is -1.08. The second-order valence-corrected chi connectivity index (χ2v) is 9.64. The molecule has 7 atom stereocenters. The van der Waals surface area contributed by atoms with Crippen molar-refractivity contribution >= 4 is 11.8 Å². The number of aliphatic hydroxyl groups is 2. The van der Waals surface area contributed by atoms with E-state index in [0.717, 1.165) is 19.3 Å². The van der Waals surface area contributed by atoms with Crippen LogP contribution in [0.3, 0.4) is 0 Å². The third kappa shape index (κ3) is 2.09. The molecule has 2 saturated heterocycles. The Hall–Kier alpha value is -0.980. The summed E-state index contributed by atoms with van der Waals surface area (Å²) in [4.78, 5) is 24.8. The van der Waals surface area contributed by atoms with Crippen molar-refractivity contribution in [1.29, 1.82) is 0 Å². The molecule has 7 unspecified atom stereocenters. The Morgan fingerprint density at radius 3 is 2.50 bits per heavy atom. The van der Waals surface area contributed by atoms with Gasteiger partial charge in [0.15, 0.2) is 5.78 Å². The molecular weight excluding hydrogens is 336 g/mol. The average Bonchev–Trinajstić information content (AvgIpc) is 3.16. The smallest absolute Gasteiger partial charge is 0.308 e. The molecule has 0 radical (unpaired) electrons. The van der Waals surface area contributed by atoms with Crippen molar-refractivity contribution in [2.24, 2.45) is 22.7 Å². The Balaban J connectivity index is 1.81. The first kappa shape index (κ1) is 18.4. The molecular formula is C20H30O6. The van der Waals surface area contributed by atoms with E-state index in [9.17, 15) is 19.8 Å². The minimum absolute atomic E-state index is 0.0607. The zero-order valence-electron chi connectivity index (χ0n) is 15.9. The highest BCUT2D eigenvalue weighted by atomic mass is 16.6. The molecule has 4 fully saturated rings. The van der Waals surface area contributed by atoms with E-state index in [-0.39, 0.29) is 37.3 Å². The number of carbonyl (C=O) groups excluding carboxylic acids is 2. The zero-order valence-corrected chi connectivity index (χ0v) is 15.9. The lowest BCUT2D eigenvalue weighted by Crippen LogP contribution is -2.70. The summed E-state index contributed by atoms with van der Waals surface area (Å²) in [5.41, 5.74) is -2.33.